The number of anilines is 3. The van der Waals surface area contributed by atoms with Crippen LogP contribution in [0.1, 0.15) is 42.4 Å². The number of carbonyl (C=O) groups excluding carboxylic acids is 1. The average Bonchev–Trinajstić information content (AvgIpc) is 3.13. The van der Waals surface area contributed by atoms with Crippen LogP contribution in [0.25, 0.3) is 0 Å². The number of carbonyl (C=O) groups is 2. The van der Waals surface area contributed by atoms with Crippen molar-refractivity contribution in [3.05, 3.63) is 29.8 Å². The number of nitrogens with one attached hydrogen (secondary N) is 1. The molecule has 4 heterocycles. The molecular formula is C22H27F3N6O4. The zero-order valence-electron chi connectivity index (χ0n) is 19.2. The summed E-state index contributed by atoms with van der Waals surface area (Å²) >= 11 is 0. The third-order valence-corrected chi connectivity index (χ3v) is 6.11. The minimum Gasteiger partial charge on any atom is -0.465 e. The van der Waals surface area contributed by atoms with Gasteiger partial charge in [-0.05, 0) is 37.3 Å². The number of nitrogens with zero attached hydrogens (tertiary/aromatic N) is 5. The molecule has 2 aliphatic rings. The predicted octanol–water partition coefficient (Wildman–Crippen LogP) is 3.77. The maximum Gasteiger partial charge on any atom is 0.437 e. The Morgan fingerprint density at radius 2 is 1.89 bits per heavy atom. The van der Waals surface area contributed by atoms with E-state index in [9.17, 15) is 22.8 Å². The van der Waals surface area contributed by atoms with E-state index in [0.717, 1.165) is 12.8 Å². The van der Waals surface area contributed by atoms with Gasteiger partial charge >= 0.3 is 12.3 Å². The molecule has 0 aromatic carbocycles. The van der Waals surface area contributed by atoms with Crippen molar-refractivity contribution < 1.29 is 32.3 Å². The summed E-state index contributed by atoms with van der Waals surface area (Å²) in [7, 11) is 0. The van der Waals surface area contributed by atoms with Crippen molar-refractivity contribution in [3.63, 3.8) is 0 Å². The minimum absolute atomic E-state index is 0.193. The third kappa shape index (κ3) is 5.77. The summed E-state index contributed by atoms with van der Waals surface area (Å²) < 4.78 is 46.1. The van der Waals surface area contributed by atoms with E-state index in [0.29, 0.717) is 51.5 Å². The quantitative estimate of drug-likeness (QED) is 0.658. The molecule has 0 saturated carbocycles. The Kier molecular flexibility index (Phi) is 7.03. The Morgan fingerprint density at radius 3 is 2.54 bits per heavy atom. The van der Waals surface area contributed by atoms with Gasteiger partial charge in [0.2, 0.25) is 5.76 Å². The number of hydrogen-bond donors (Lipinski definition) is 2. The van der Waals surface area contributed by atoms with E-state index >= 15 is 0 Å². The van der Waals surface area contributed by atoms with Gasteiger partial charge in [0.15, 0.2) is 5.69 Å². The van der Waals surface area contributed by atoms with E-state index in [4.69, 9.17) is 9.52 Å². The zero-order chi connectivity index (χ0) is 25.2. The molecule has 10 nitrogen and oxygen atoms in total. The van der Waals surface area contributed by atoms with Crippen LogP contribution in [-0.4, -0.2) is 71.2 Å². The Balaban J connectivity index is 1.47. The van der Waals surface area contributed by atoms with Crippen molar-refractivity contribution in [1.29, 1.82) is 0 Å². The molecule has 1 unspecified atom stereocenters. The second kappa shape index (κ2) is 10.0. The fraction of sp³-hybridized carbons (Fsp3) is 0.545. The highest BCUT2D eigenvalue weighted by Gasteiger charge is 2.42. The van der Waals surface area contributed by atoms with Gasteiger partial charge in [-0.25, -0.2) is 9.78 Å². The first-order chi connectivity index (χ1) is 16.6. The number of rotatable bonds is 4. The molecular weight excluding hydrogens is 469 g/mol. The molecule has 0 radical (unpaired) electrons. The summed E-state index contributed by atoms with van der Waals surface area (Å²) in [6, 6.07) is 2.94. The molecule has 2 aliphatic heterocycles. The van der Waals surface area contributed by atoms with Crippen LogP contribution >= 0.6 is 0 Å². The van der Waals surface area contributed by atoms with Gasteiger partial charge in [0.1, 0.15) is 5.82 Å². The standard InChI is InChI=1S/C22H27F3N6O4/c1-14-4-2-7-31(13-14)20-28-18(22(23,24)25)17(35-20)19(32)27-15-5-6-16(26-12-15)29-8-3-9-30(11-10-29)21(33)34/h5-6,12,14H,2-4,7-11,13H2,1H3,(H,27,32)(H,33,34). The van der Waals surface area contributed by atoms with Crippen LogP contribution in [0, 0.1) is 5.92 Å². The Morgan fingerprint density at radius 1 is 1.11 bits per heavy atom. The molecule has 1 atom stereocenters. The van der Waals surface area contributed by atoms with Gasteiger partial charge in [0.25, 0.3) is 11.9 Å². The molecule has 2 aromatic heterocycles. The Bertz CT molecular complexity index is 1060. The normalized spacial score (nSPS) is 19.4. The monoisotopic (exact) mass is 496 g/mol. The van der Waals surface area contributed by atoms with Crippen molar-refractivity contribution in [1.82, 2.24) is 14.9 Å². The minimum atomic E-state index is -4.85. The Hall–Kier alpha value is -3.51. The van der Waals surface area contributed by atoms with Gasteiger partial charge < -0.3 is 29.5 Å². The van der Waals surface area contributed by atoms with Gasteiger partial charge in [-0.2, -0.15) is 18.2 Å². The SMILES string of the molecule is CC1CCCN(c2nc(C(F)(F)F)c(C(=O)Nc3ccc(N4CCCN(C(=O)O)CC4)nc3)o2)C1. The van der Waals surface area contributed by atoms with Crippen LogP contribution in [0.15, 0.2) is 22.7 Å². The highest BCUT2D eigenvalue weighted by Crippen LogP contribution is 2.35. The number of aromatic nitrogens is 2. The number of oxazole rings is 1. The fourth-order valence-corrected chi connectivity index (χ4v) is 4.33. The van der Waals surface area contributed by atoms with E-state index in [-0.39, 0.29) is 17.6 Å². The number of hydrogen-bond acceptors (Lipinski definition) is 7. The summed E-state index contributed by atoms with van der Waals surface area (Å²) in [6.07, 6.45) is -2.08. The second-order valence-corrected chi connectivity index (χ2v) is 8.83. The predicted molar refractivity (Wildman–Crippen MR) is 121 cm³/mol. The third-order valence-electron chi connectivity index (χ3n) is 6.11. The molecule has 190 valence electrons. The summed E-state index contributed by atoms with van der Waals surface area (Å²) in [5.41, 5.74) is -1.17. The van der Waals surface area contributed by atoms with Crippen LogP contribution in [0.2, 0.25) is 0 Å². The van der Waals surface area contributed by atoms with E-state index in [1.807, 2.05) is 11.8 Å². The van der Waals surface area contributed by atoms with Crippen LogP contribution in [0.3, 0.4) is 0 Å². The molecule has 2 saturated heterocycles. The Labute approximate surface area is 199 Å². The molecule has 0 spiro atoms. The van der Waals surface area contributed by atoms with Crippen LogP contribution in [0.4, 0.5) is 35.5 Å². The summed E-state index contributed by atoms with van der Waals surface area (Å²) in [5, 5.41) is 11.6. The molecule has 4 rings (SSSR count). The maximum atomic E-state index is 13.6. The van der Waals surface area contributed by atoms with Crippen molar-refractivity contribution in [2.75, 3.05) is 54.4 Å². The molecule has 35 heavy (non-hydrogen) atoms. The van der Waals surface area contributed by atoms with Crippen molar-refractivity contribution in [2.24, 2.45) is 5.92 Å². The number of amides is 2. The second-order valence-electron chi connectivity index (χ2n) is 8.83. The van der Waals surface area contributed by atoms with Gasteiger partial charge in [-0.1, -0.05) is 6.92 Å². The topological polar surface area (TPSA) is 115 Å². The van der Waals surface area contributed by atoms with Gasteiger partial charge in [-0.15, -0.1) is 0 Å². The van der Waals surface area contributed by atoms with Gasteiger partial charge in [-0.3, -0.25) is 4.79 Å². The van der Waals surface area contributed by atoms with E-state index in [1.54, 1.807) is 11.0 Å². The smallest absolute Gasteiger partial charge is 0.437 e. The largest absolute Gasteiger partial charge is 0.465 e. The van der Waals surface area contributed by atoms with Crippen molar-refractivity contribution in [3.8, 4) is 0 Å². The molecule has 2 N–H and O–H groups in total. The summed E-state index contributed by atoms with van der Waals surface area (Å²) in [6.45, 7) is 4.83. The first-order valence-corrected chi connectivity index (χ1v) is 11.4. The summed E-state index contributed by atoms with van der Waals surface area (Å²) in [5.74, 6) is -1.10. The number of carboxylic acid groups (broad SMARTS) is 1. The highest BCUT2D eigenvalue weighted by molar-refractivity contribution is 6.03. The first kappa shape index (κ1) is 24.6. The number of alkyl halides is 3. The molecule has 13 heteroatoms. The van der Waals surface area contributed by atoms with E-state index < -0.39 is 29.6 Å². The highest BCUT2D eigenvalue weighted by atomic mass is 19.4. The van der Waals surface area contributed by atoms with Crippen LogP contribution in [0.5, 0.6) is 0 Å². The molecule has 2 amide bonds. The molecule has 2 aromatic rings. The van der Waals surface area contributed by atoms with Crippen molar-refractivity contribution in [2.45, 2.75) is 32.4 Å². The lowest BCUT2D eigenvalue weighted by Gasteiger charge is -2.29. The van der Waals surface area contributed by atoms with E-state index in [1.165, 1.54) is 17.2 Å². The molecule has 2 fully saturated rings. The van der Waals surface area contributed by atoms with Gasteiger partial charge in [0.05, 0.1) is 11.9 Å². The number of pyridine rings is 1. The fourth-order valence-electron chi connectivity index (χ4n) is 4.33. The van der Waals surface area contributed by atoms with Gasteiger partial charge in [0, 0.05) is 39.3 Å². The lowest BCUT2D eigenvalue weighted by molar-refractivity contribution is -0.141. The van der Waals surface area contributed by atoms with Crippen molar-refractivity contribution >= 4 is 29.5 Å². The number of piperidine rings is 1. The zero-order valence-corrected chi connectivity index (χ0v) is 19.2. The lowest BCUT2D eigenvalue weighted by atomic mass is 10.0. The first-order valence-electron chi connectivity index (χ1n) is 11.4. The molecule has 0 aliphatic carbocycles. The molecule has 0 bridgehead atoms. The average molecular weight is 496 g/mol. The van der Waals surface area contributed by atoms with Crippen LogP contribution < -0.4 is 15.1 Å². The van der Waals surface area contributed by atoms with E-state index in [2.05, 4.69) is 15.3 Å². The maximum absolute atomic E-state index is 13.6. The number of halogens is 3. The van der Waals surface area contributed by atoms with Crippen LogP contribution in [-0.2, 0) is 6.18 Å². The lowest BCUT2D eigenvalue weighted by Crippen LogP contribution is -2.34. The summed E-state index contributed by atoms with van der Waals surface area (Å²) in [4.78, 5) is 36.7.